The van der Waals surface area contributed by atoms with Crippen LogP contribution < -0.4 is 10.6 Å². The summed E-state index contributed by atoms with van der Waals surface area (Å²) in [5.41, 5.74) is 1.35. The lowest BCUT2D eigenvalue weighted by molar-refractivity contribution is -0.159. The third-order valence-corrected chi connectivity index (χ3v) is 8.22. The van der Waals surface area contributed by atoms with Crippen molar-refractivity contribution in [3.8, 4) is 5.75 Å². The van der Waals surface area contributed by atoms with E-state index in [2.05, 4.69) is 10.6 Å². The summed E-state index contributed by atoms with van der Waals surface area (Å²) >= 11 is 0. The molecule has 4 rings (SSSR count). The second-order valence-corrected chi connectivity index (χ2v) is 15.2. The zero-order chi connectivity index (χ0) is 36.8. The molecule has 3 amide bonds. The van der Waals surface area contributed by atoms with Crippen molar-refractivity contribution >= 4 is 23.9 Å². The quantitative estimate of drug-likeness (QED) is 0.194. The molecule has 10 heteroatoms. The number of aryl methyl sites for hydroxylation is 1. The van der Waals surface area contributed by atoms with Crippen molar-refractivity contribution in [1.29, 1.82) is 0 Å². The number of phenols is 1. The van der Waals surface area contributed by atoms with Gasteiger partial charge in [-0.3, -0.25) is 9.59 Å². The van der Waals surface area contributed by atoms with Crippen LogP contribution in [0.25, 0.3) is 0 Å². The summed E-state index contributed by atoms with van der Waals surface area (Å²) in [6.45, 7) is 14.4. The highest BCUT2D eigenvalue weighted by atomic mass is 16.6. The normalized spacial score (nSPS) is 17.4. The minimum Gasteiger partial charge on any atom is -0.508 e. The van der Waals surface area contributed by atoms with Crippen LogP contribution in [0, 0.1) is 12.8 Å². The van der Waals surface area contributed by atoms with Crippen molar-refractivity contribution in [2.75, 3.05) is 0 Å². The maximum absolute atomic E-state index is 14.9. The summed E-state index contributed by atoms with van der Waals surface area (Å²) in [6, 6.07) is 19.5. The highest BCUT2D eigenvalue weighted by Crippen LogP contribution is 2.41. The topological polar surface area (TPSA) is 134 Å². The number of amides is 3. The van der Waals surface area contributed by atoms with E-state index in [1.165, 1.54) is 12.1 Å². The fourth-order valence-corrected chi connectivity index (χ4v) is 5.81. The van der Waals surface area contributed by atoms with Crippen molar-refractivity contribution < 1.29 is 33.8 Å². The van der Waals surface area contributed by atoms with Crippen molar-refractivity contribution in [3.63, 3.8) is 0 Å². The molecule has 0 bridgehead atoms. The van der Waals surface area contributed by atoms with Crippen LogP contribution in [0.15, 0.2) is 78.9 Å². The number of nitrogens with one attached hydrogen (secondary N) is 2. The standard InChI is InChI=1S/C40H51N3O7/c1-25-13-12-16-29(21-25)34(35(45)41-32(37(47)49-39(3,4)5)24-27-14-10-9-11-15-27)43(33-22-26(33)2)36(46)31(42-38(48)50-40(6,7)8)23-28-17-19-30(44)20-18-28/h9-21,26,31-34,44H,22-24H2,1-8H3,(H,41,45)(H,42,48). The molecule has 0 aliphatic heterocycles. The van der Waals surface area contributed by atoms with Crippen LogP contribution >= 0.6 is 0 Å². The van der Waals surface area contributed by atoms with E-state index in [-0.39, 0.29) is 30.6 Å². The second-order valence-electron chi connectivity index (χ2n) is 15.2. The first-order valence-electron chi connectivity index (χ1n) is 17.1. The first-order valence-corrected chi connectivity index (χ1v) is 17.1. The fourth-order valence-electron chi connectivity index (χ4n) is 5.81. The SMILES string of the molecule is Cc1cccc(C(C(=O)NC(Cc2ccccc2)C(=O)OC(C)(C)C)N(C(=O)C(Cc2ccc(O)cc2)NC(=O)OC(C)(C)C)C2CC2C)c1. The predicted octanol–water partition coefficient (Wildman–Crippen LogP) is 6.18. The molecule has 0 heterocycles. The van der Waals surface area contributed by atoms with Gasteiger partial charge in [-0.05, 0) is 89.6 Å². The number of phenolic OH excluding ortho intramolecular Hbond substituents is 1. The monoisotopic (exact) mass is 685 g/mol. The van der Waals surface area contributed by atoms with Crippen LogP contribution in [0.1, 0.15) is 83.2 Å². The maximum atomic E-state index is 14.9. The molecule has 0 spiro atoms. The fraction of sp³-hybridized carbons (Fsp3) is 0.450. The average Bonchev–Trinajstić information content (AvgIpc) is 3.74. The van der Waals surface area contributed by atoms with Gasteiger partial charge in [0.1, 0.15) is 35.1 Å². The Bertz CT molecular complexity index is 1640. The summed E-state index contributed by atoms with van der Waals surface area (Å²) in [7, 11) is 0. The largest absolute Gasteiger partial charge is 0.508 e. The maximum Gasteiger partial charge on any atom is 0.408 e. The molecular formula is C40H51N3O7. The molecule has 3 aromatic rings. The Hall–Kier alpha value is -4.86. The molecule has 10 nitrogen and oxygen atoms in total. The Labute approximate surface area is 295 Å². The van der Waals surface area contributed by atoms with E-state index >= 15 is 0 Å². The summed E-state index contributed by atoms with van der Waals surface area (Å²) in [4.78, 5) is 57.9. The first kappa shape index (κ1) is 38.0. The summed E-state index contributed by atoms with van der Waals surface area (Å²) in [5.74, 6) is -1.46. The van der Waals surface area contributed by atoms with Crippen molar-refractivity contribution in [3.05, 3.63) is 101 Å². The number of aromatic hydroxyl groups is 1. The van der Waals surface area contributed by atoms with Crippen LogP contribution in [-0.4, -0.2) is 63.2 Å². The summed E-state index contributed by atoms with van der Waals surface area (Å²) in [5, 5.41) is 15.6. The molecular weight excluding hydrogens is 634 g/mol. The molecule has 1 saturated carbocycles. The van der Waals surface area contributed by atoms with Crippen LogP contribution in [-0.2, 0) is 36.7 Å². The molecule has 3 aromatic carbocycles. The van der Waals surface area contributed by atoms with Gasteiger partial charge in [-0.25, -0.2) is 9.59 Å². The number of esters is 1. The number of benzene rings is 3. The predicted molar refractivity (Wildman–Crippen MR) is 191 cm³/mol. The van der Waals surface area contributed by atoms with E-state index < -0.39 is 53.2 Å². The molecule has 1 aliphatic rings. The molecule has 0 radical (unpaired) electrons. The lowest BCUT2D eigenvalue weighted by Gasteiger charge is -2.36. The van der Waals surface area contributed by atoms with Crippen LogP contribution in [0.4, 0.5) is 4.79 Å². The number of carbonyl (C=O) groups excluding carboxylic acids is 4. The number of carbonyl (C=O) groups is 4. The van der Waals surface area contributed by atoms with Crippen molar-refractivity contribution in [1.82, 2.24) is 15.5 Å². The average molecular weight is 686 g/mol. The Morgan fingerprint density at radius 3 is 1.94 bits per heavy atom. The number of hydrogen-bond acceptors (Lipinski definition) is 7. The third kappa shape index (κ3) is 11.1. The van der Waals surface area contributed by atoms with Gasteiger partial charge < -0.3 is 30.1 Å². The van der Waals surface area contributed by atoms with Crippen molar-refractivity contribution in [2.24, 2.45) is 5.92 Å². The molecule has 1 aliphatic carbocycles. The highest BCUT2D eigenvalue weighted by molar-refractivity contribution is 5.94. The molecule has 0 saturated heterocycles. The van der Waals surface area contributed by atoms with Gasteiger partial charge >= 0.3 is 12.1 Å². The zero-order valence-corrected chi connectivity index (χ0v) is 30.4. The minimum absolute atomic E-state index is 0.0661. The van der Waals surface area contributed by atoms with Crippen LogP contribution in [0.3, 0.4) is 0 Å². The van der Waals surface area contributed by atoms with Crippen molar-refractivity contribution in [2.45, 2.75) is 110 Å². The number of ether oxygens (including phenoxy) is 2. The number of hydrogen-bond donors (Lipinski definition) is 3. The van der Waals surface area contributed by atoms with Gasteiger partial charge in [0.05, 0.1) is 0 Å². The molecule has 5 unspecified atom stereocenters. The zero-order valence-electron chi connectivity index (χ0n) is 30.4. The van der Waals surface area contributed by atoms with E-state index in [4.69, 9.17) is 9.47 Å². The van der Waals surface area contributed by atoms with Gasteiger partial charge in [0.15, 0.2) is 0 Å². The molecule has 3 N–H and O–H groups in total. The van der Waals surface area contributed by atoms with Crippen LogP contribution in [0.5, 0.6) is 5.75 Å². The van der Waals surface area contributed by atoms with Gasteiger partial charge in [0.25, 0.3) is 0 Å². The Kier molecular flexibility index (Phi) is 12.0. The van der Waals surface area contributed by atoms with E-state index in [9.17, 15) is 24.3 Å². The molecule has 50 heavy (non-hydrogen) atoms. The second kappa shape index (κ2) is 15.8. The third-order valence-electron chi connectivity index (χ3n) is 8.22. The van der Waals surface area contributed by atoms with Gasteiger partial charge in [-0.1, -0.05) is 79.2 Å². The van der Waals surface area contributed by atoms with Crippen LogP contribution in [0.2, 0.25) is 0 Å². The summed E-state index contributed by atoms with van der Waals surface area (Å²) in [6.07, 6.45) is 0.133. The lowest BCUT2D eigenvalue weighted by Crippen LogP contribution is -2.56. The summed E-state index contributed by atoms with van der Waals surface area (Å²) < 4.78 is 11.3. The van der Waals surface area contributed by atoms with Gasteiger partial charge in [-0.2, -0.15) is 0 Å². The first-order chi connectivity index (χ1) is 23.4. The number of alkyl carbamates (subject to hydrolysis) is 1. The van der Waals surface area contributed by atoms with E-state index in [1.54, 1.807) is 64.6 Å². The molecule has 1 fully saturated rings. The Morgan fingerprint density at radius 1 is 0.800 bits per heavy atom. The van der Waals surface area contributed by atoms with Gasteiger partial charge in [0, 0.05) is 18.9 Å². The highest BCUT2D eigenvalue weighted by Gasteiger charge is 2.49. The lowest BCUT2D eigenvalue weighted by atomic mass is 9.98. The van der Waals surface area contributed by atoms with E-state index in [0.29, 0.717) is 17.5 Å². The molecule has 268 valence electrons. The van der Waals surface area contributed by atoms with Gasteiger partial charge in [0.2, 0.25) is 11.8 Å². The Morgan fingerprint density at radius 2 is 1.38 bits per heavy atom. The molecule has 0 aromatic heterocycles. The number of rotatable bonds is 12. The smallest absolute Gasteiger partial charge is 0.408 e. The number of nitrogens with zero attached hydrogens (tertiary/aromatic N) is 1. The van der Waals surface area contributed by atoms with E-state index in [0.717, 1.165) is 11.1 Å². The van der Waals surface area contributed by atoms with E-state index in [1.807, 2.05) is 62.4 Å². The minimum atomic E-state index is -1.14. The molecule has 5 atom stereocenters. The van der Waals surface area contributed by atoms with Gasteiger partial charge in [-0.15, -0.1) is 0 Å². The Balaban J connectivity index is 1.77.